The lowest BCUT2D eigenvalue weighted by molar-refractivity contribution is 0.213. The molecule has 0 radical (unpaired) electrons. The van der Waals surface area contributed by atoms with Gasteiger partial charge in [0.25, 0.3) is 0 Å². The van der Waals surface area contributed by atoms with Crippen LogP contribution in [0.15, 0.2) is 41.1 Å². The summed E-state index contributed by atoms with van der Waals surface area (Å²) in [6.45, 7) is 0. The Morgan fingerprint density at radius 1 is 1.18 bits per heavy atom. The van der Waals surface area contributed by atoms with Gasteiger partial charge in [0, 0.05) is 21.8 Å². The minimum Gasteiger partial charge on any atom is -0.384 e. The molecule has 0 amide bonds. The first-order chi connectivity index (χ1) is 8.09. The fourth-order valence-electron chi connectivity index (χ4n) is 1.50. The minimum atomic E-state index is -1.23. The maximum atomic E-state index is 13.4. The third-order valence-corrected chi connectivity index (χ3v) is 3.07. The third-order valence-electron chi connectivity index (χ3n) is 2.35. The van der Waals surface area contributed by atoms with Gasteiger partial charge in [0.05, 0.1) is 6.20 Å². The molecule has 0 aliphatic rings. The first-order valence-corrected chi connectivity index (χ1v) is 5.61. The highest BCUT2D eigenvalue weighted by Gasteiger charge is 2.17. The third kappa shape index (κ3) is 2.50. The van der Waals surface area contributed by atoms with Crippen LogP contribution in [0, 0.1) is 11.6 Å². The van der Waals surface area contributed by atoms with Crippen LogP contribution >= 0.6 is 15.9 Å². The van der Waals surface area contributed by atoms with Gasteiger partial charge in [-0.05, 0) is 24.3 Å². The quantitative estimate of drug-likeness (QED) is 0.924. The summed E-state index contributed by atoms with van der Waals surface area (Å²) in [5.74, 6) is -1.12. The zero-order valence-corrected chi connectivity index (χ0v) is 10.2. The number of hydrogen-bond donors (Lipinski definition) is 1. The van der Waals surface area contributed by atoms with Crippen molar-refractivity contribution in [2.75, 3.05) is 0 Å². The van der Waals surface area contributed by atoms with Crippen LogP contribution in [0.1, 0.15) is 17.2 Å². The molecule has 1 aromatic carbocycles. The summed E-state index contributed by atoms with van der Waals surface area (Å²) in [5, 5.41) is 10.0. The van der Waals surface area contributed by atoms with Gasteiger partial charge in [0.15, 0.2) is 0 Å². The van der Waals surface area contributed by atoms with Gasteiger partial charge in [-0.25, -0.2) is 8.78 Å². The van der Waals surface area contributed by atoms with Crippen LogP contribution in [0.4, 0.5) is 8.78 Å². The predicted octanol–water partition coefficient (Wildman–Crippen LogP) is 3.20. The van der Waals surface area contributed by atoms with Crippen molar-refractivity contribution < 1.29 is 13.9 Å². The van der Waals surface area contributed by atoms with Crippen LogP contribution in [0.3, 0.4) is 0 Å². The second-order valence-corrected chi connectivity index (χ2v) is 4.32. The van der Waals surface area contributed by atoms with Crippen LogP contribution < -0.4 is 0 Å². The summed E-state index contributed by atoms with van der Waals surface area (Å²) in [5.41, 5.74) is 0.335. The van der Waals surface area contributed by atoms with Crippen molar-refractivity contribution in [3.8, 4) is 0 Å². The van der Waals surface area contributed by atoms with Crippen molar-refractivity contribution in [1.82, 2.24) is 4.98 Å². The van der Waals surface area contributed by atoms with Crippen molar-refractivity contribution in [2.24, 2.45) is 0 Å². The normalized spacial score (nSPS) is 12.5. The van der Waals surface area contributed by atoms with Crippen LogP contribution in [0.25, 0.3) is 0 Å². The summed E-state index contributed by atoms with van der Waals surface area (Å²) < 4.78 is 27.0. The summed E-state index contributed by atoms with van der Waals surface area (Å²) in [6, 6.07) is 5.24. The number of hydrogen-bond acceptors (Lipinski definition) is 2. The monoisotopic (exact) mass is 299 g/mol. The Bertz CT molecular complexity index is 548. The van der Waals surface area contributed by atoms with Crippen LogP contribution in [0.5, 0.6) is 0 Å². The average molecular weight is 300 g/mol. The molecule has 5 heteroatoms. The molecule has 0 spiro atoms. The second kappa shape index (κ2) is 4.89. The molecule has 1 unspecified atom stereocenters. The van der Waals surface area contributed by atoms with E-state index in [1.807, 2.05) is 0 Å². The Balaban J connectivity index is 2.47. The molecule has 1 N–H and O–H groups in total. The minimum absolute atomic E-state index is 0.0614. The van der Waals surface area contributed by atoms with Crippen LogP contribution in [-0.4, -0.2) is 10.1 Å². The Labute approximate surface area is 105 Å². The highest BCUT2D eigenvalue weighted by atomic mass is 79.9. The lowest BCUT2D eigenvalue weighted by Crippen LogP contribution is -2.04. The van der Waals surface area contributed by atoms with Gasteiger partial charge in [-0.15, -0.1) is 0 Å². The van der Waals surface area contributed by atoms with E-state index in [0.29, 0.717) is 4.47 Å². The van der Waals surface area contributed by atoms with E-state index in [9.17, 15) is 13.9 Å². The number of aromatic nitrogens is 1. The SMILES string of the molecule is OC(c1ccncc1F)c1cc(F)ccc1Br. The molecule has 0 aliphatic heterocycles. The number of nitrogens with zero attached hydrogens (tertiary/aromatic N) is 1. The number of halogens is 3. The van der Waals surface area contributed by atoms with E-state index >= 15 is 0 Å². The van der Waals surface area contributed by atoms with E-state index in [1.54, 1.807) is 0 Å². The van der Waals surface area contributed by atoms with Crippen molar-refractivity contribution in [3.63, 3.8) is 0 Å². The van der Waals surface area contributed by atoms with Crippen LogP contribution in [-0.2, 0) is 0 Å². The lowest BCUT2D eigenvalue weighted by Gasteiger charge is -2.13. The summed E-state index contributed by atoms with van der Waals surface area (Å²) in [6.07, 6.45) is 1.14. The first-order valence-electron chi connectivity index (χ1n) is 4.82. The Morgan fingerprint density at radius 2 is 1.94 bits per heavy atom. The van der Waals surface area contributed by atoms with E-state index in [2.05, 4.69) is 20.9 Å². The zero-order valence-electron chi connectivity index (χ0n) is 8.57. The smallest absolute Gasteiger partial charge is 0.147 e. The highest BCUT2D eigenvalue weighted by molar-refractivity contribution is 9.10. The van der Waals surface area contributed by atoms with E-state index in [4.69, 9.17) is 0 Å². The Hall–Kier alpha value is -1.33. The van der Waals surface area contributed by atoms with E-state index < -0.39 is 17.7 Å². The first kappa shape index (κ1) is 12.1. The maximum Gasteiger partial charge on any atom is 0.147 e. The van der Waals surface area contributed by atoms with E-state index in [-0.39, 0.29) is 11.1 Å². The lowest BCUT2D eigenvalue weighted by atomic mass is 10.0. The van der Waals surface area contributed by atoms with Gasteiger partial charge in [0.2, 0.25) is 0 Å². The molecule has 1 atom stereocenters. The van der Waals surface area contributed by atoms with Gasteiger partial charge in [-0.2, -0.15) is 0 Å². The number of aliphatic hydroxyl groups excluding tert-OH is 1. The molecule has 2 rings (SSSR count). The van der Waals surface area contributed by atoms with Gasteiger partial charge in [0.1, 0.15) is 17.7 Å². The van der Waals surface area contributed by atoms with Crippen molar-refractivity contribution >= 4 is 15.9 Å². The fraction of sp³-hybridized carbons (Fsp3) is 0.0833. The number of benzene rings is 1. The zero-order chi connectivity index (χ0) is 12.4. The van der Waals surface area contributed by atoms with E-state index in [0.717, 1.165) is 12.3 Å². The topological polar surface area (TPSA) is 33.1 Å². The number of aliphatic hydroxyl groups is 1. The van der Waals surface area contributed by atoms with Crippen molar-refractivity contribution in [3.05, 3.63) is 63.9 Å². The second-order valence-electron chi connectivity index (χ2n) is 3.47. The van der Waals surface area contributed by atoms with E-state index in [1.165, 1.54) is 24.4 Å². The predicted molar refractivity (Wildman–Crippen MR) is 62.4 cm³/mol. The molecule has 0 saturated heterocycles. The molecule has 88 valence electrons. The molecule has 1 aromatic heterocycles. The van der Waals surface area contributed by atoms with Gasteiger partial charge in [-0.3, -0.25) is 4.98 Å². The summed E-state index contributed by atoms with van der Waals surface area (Å²) in [4.78, 5) is 3.59. The summed E-state index contributed by atoms with van der Waals surface area (Å²) in [7, 11) is 0. The fourth-order valence-corrected chi connectivity index (χ4v) is 1.96. The maximum absolute atomic E-state index is 13.4. The molecule has 0 fully saturated rings. The van der Waals surface area contributed by atoms with Gasteiger partial charge >= 0.3 is 0 Å². The molecular formula is C12H8BrF2NO. The largest absolute Gasteiger partial charge is 0.384 e. The van der Waals surface area contributed by atoms with Crippen molar-refractivity contribution in [1.29, 1.82) is 0 Å². The standard InChI is InChI=1S/C12H8BrF2NO/c13-10-2-1-7(14)5-9(10)12(17)8-3-4-16-6-11(8)15/h1-6,12,17H. The van der Waals surface area contributed by atoms with Gasteiger partial charge < -0.3 is 5.11 Å². The Kier molecular flexibility index (Phi) is 3.49. The number of pyridine rings is 1. The molecule has 17 heavy (non-hydrogen) atoms. The molecule has 2 aromatic rings. The molecule has 0 aliphatic carbocycles. The van der Waals surface area contributed by atoms with Crippen molar-refractivity contribution in [2.45, 2.75) is 6.10 Å². The summed E-state index contributed by atoms with van der Waals surface area (Å²) >= 11 is 3.19. The molecule has 0 bridgehead atoms. The Morgan fingerprint density at radius 3 is 2.65 bits per heavy atom. The molecule has 1 heterocycles. The number of rotatable bonds is 2. The molecule has 0 saturated carbocycles. The average Bonchev–Trinajstić information content (AvgIpc) is 2.32. The van der Waals surface area contributed by atoms with Crippen LogP contribution in [0.2, 0.25) is 0 Å². The molecular weight excluding hydrogens is 292 g/mol. The van der Waals surface area contributed by atoms with Gasteiger partial charge in [-0.1, -0.05) is 15.9 Å². The molecule has 2 nitrogen and oxygen atoms in total. The highest BCUT2D eigenvalue weighted by Crippen LogP contribution is 2.30.